The van der Waals surface area contributed by atoms with Crippen LogP contribution in [0.15, 0.2) is 82.8 Å². The van der Waals surface area contributed by atoms with E-state index in [1.807, 2.05) is 30.3 Å². The van der Waals surface area contributed by atoms with Crippen molar-refractivity contribution in [2.45, 2.75) is 132 Å². The van der Waals surface area contributed by atoms with Gasteiger partial charge in [0.2, 0.25) is 11.8 Å². The SMILES string of the molecule is CC(C)c1cccc(C(C)C)c1N=C(O)c1ccc2c3c(N4CCCC(C)(C)C4)cc(C(=O)O)c4c(C(=O)O)ccc(c5c(N6CCCC(C)(C)C6)cc(C(O)=Nc6c(C(C)C)cccc6C(C)C)c1c25)c43. The molecule has 0 aliphatic carbocycles. The Morgan fingerprint density at radius 3 is 1.21 bits per heavy atom. The summed E-state index contributed by atoms with van der Waals surface area (Å²) in [5, 5.41) is 53.0. The van der Waals surface area contributed by atoms with E-state index in [1.54, 1.807) is 12.1 Å². The molecule has 0 atom stereocenters. The van der Waals surface area contributed by atoms with Crippen molar-refractivity contribution in [3.8, 4) is 0 Å². The molecular formula is C62H72N4O6. The average Bonchev–Trinajstić information content (AvgIpc) is 3.31. The molecule has 10 nitrogen and oxygen atoms in total. The van der Waals surface area contributed by atoms with Crippen LogP contribution in [0, 0.1) is 10.8 Å². The van der Waals surface area contributed by atoms with E-state index in [0.717, 1.165) is 75.2 Å². The molecule has 0 spiro atoms. The van der Waals surface area contributed by atoms with Crippen molar-refractivity contribution in [3.05, 3.63) is 117 Å². The summed E-state index contributed by atoms with van der Waals surface area (Å²) in [4.78, 5) is 42.0. The maximum atomic E-state index is 13.6. The molecule has 2 fully saturated rings. The van der Waals surface area contributed by atoms with E-state index >= 15 is 0 Å². The third-order valence-electron chi connectivity index (χ3n) is 15.6. The van der Waals surface area contributed by atoms with E-state index in [2.05, 4.69) is 123 Å². The van der Waals surface area contributed by atoms with Gasteiger partial charge in [-0.05, 0) is 117 Å². The molecule has 0 bridgehead atoms. The zero-order valence-corrected chi connectivity index (χ0v) is 44.3. The van der Waals surface area contributed by atoms with Gasteiger partial charge < -0.3 is 30.2 Å². The van der Waals surface area contributed by atoms with Crippen molar-refractivity contribution >= 4 is 89.6 Å². The number of carboxylic acids is 2. The molecule has 0 radical (unpaired) electrons. The molecule has 2 aliphatic rings. The average molecular weight is 969 g/mol. The zero-order valence-electron chi connectivity index (χ0n) is 44.3. The number of aromatic carboxylic acids is 2. The second-order valence-corrected chi connectivity index (χ2v) is 23.5. The molecule has 4 N–H and O–H groups in total. The summed E-state index contributed by atoms with van der Waals surface area (Å²) in [5.74, 6) is -2.43. The van der Waals surface area contributed by atoms with Gasteiger partial charge in [-0.3, -0.25) is 0 Å². The fourth-order valence-electron chi connectivity index (χ4n) is 12.1. The highest BCUT2D eigenvalue weighted by Gasteiger charge is 2.35. The smallest absolute Gasteiger partial charge is 0.336 e. The van der Waals surface area contributed by atoms with E-state index < -0.39 is 11.9 Å². The van der Waals surface area contributed by atoms with Gasteiger partial charge in [-0.2, -0.15) is 0 Å². The molecule has 0 aromatic heterocycles. The second-order valence-electron chi connectivity index (χ2n) is 23.5. The quantitative estimate of drug-likeness (QED) is 0.0410. The summed E-state index contributed by atoms with van der Waals surface area (Å²) in [6, 6.07) is 23.3. The van der Waals surface area contributed by atoms with Gasteiger partial charge in [-0.25, -0.2) is 19.6 Å². The Bertz CT molecular complexity index is 3320. The molecule has 376 valence electrons. The van der Waals surface area contributed by atoms with Gasteiger partial charge in [0, 0.05) is 81.0 Å². The van der Waals surface area contributed by atoms with Crippen LogP contribution in [0.5, 0.6) is 0 Å². The van der Waals surface area contributed by atoms with Crippen molar-refractivity contribution in [3.63, 3.8) is 0 Å². The van der Waals surface area contributed by atoms with Gasteiger partial charge in [-0.1, -0.05) is 132 Å². The predicted octanol–water partition coefficient (Wildman–Crippen LogP) is 16.2. The number of benzene rings is 7. The van der Waals surface area contributed by atoms with Crippen molar-refractivity contribution in [1.29, 1.82) is 0 Å². The molecule has 7 aromatic carbocycles. The molecule has 0 amide bonds. The number of para-hydroxylation sites is 2. The van der Waals surface area contributed by atoms with Crippen LogP contribution in [0.4, 0.5) is 22.7 Å². The maximum Gasteiger partial charge on any atom is 0.336 e. The first-order valence-corrected chi connectivity index (χ1v) is 26.1. The van der Waals surface area contributed by atoms with Gasteiger partial charge in [-0.15, -0.1) is 0 Å². The van der Waals surface area contributed by atoms with Crippen molar-refractivity contribution in [2.24, 2.45) is 20.8 Å². The lowest BCUT2D eigenvalue weighted by molar-refractivity contribution is 0.0695. The fourth-order valence-corrected chi connectivity index (χ4v) is 12.1. The van der Waals surface area contributed by atoms with Gasteiger partial charge in [0.15, 0.2) is 0 Å². The third-order valence-corrected chi connectivity index (χ3v) is 15.6. The van der Waals surface area contributed by atoms with Crippen LogP contribution < -0.4 is 9.80 Å². The number of aliphatic imine (C=N–C) groups is 2. The van der Waals surface area contributed by atoms with Crippen LogP contribution in [-0.4, -0.2) is 70.3 Å². The van der Waals surface area contributed by atoms with E-state index in [4.69, 9.17) is 9.98 Å². The van der Waals surface area contributed by atoms with E-state index in [9.17, 15) is 30.0 Å². The first-order chi connectivity index (χ1) is 34.0. The van der Waals surface area contributed by atoms with Gasteiger partial charge in [0.05, 0.1) is 22.5 Å². The Hall–Kier alpha value is -6.68. The van der Waals surface area contributed by atoms with Gasteiger partial charge >= 0.3 is 11.9 Å². The lowest BCUT2D eigenvalue weighted by Crippen LogP contribution is -2.40. The molecule has 9 rings (SSSR count). The highest BCUT2D eigenvalue weighted by molar-refractivity contribution is 6.42. The van der Waals surface area contributed by atoms with Crippen LogP contribution in [0.2, 0.25) is 0 Å². The van der Waals surface area contributed by atoms with Crippen molar-refractivity contribution in [1.82, 2.24) is 0 Å². The van der Waals surface area contributed by atoms with Crippen LogP contribution in [-0.2, 0) is 0 Å². The Morgan fingerprint density at radius 2 is 0.833 bits per heavy atom. The van der Waals surface area contributed by atoms with Crippen LogP contribution in [0.1, 0.15) is 187 Å². The monoisotopic (exact) mass is 969 g/mol. The van der Waals surface area contributed by atoms with E-state index in [-0.39, 0.29) is 62.8 Å². The molecule has 10 heteroatoms. The number of hydrogen-bond acceptors (Lipinski definition) is 6. The maximum absolute atomic E-state index is 13.6. The van der Waals surface area contributed by atoms with Crippen molar-refractivity contribution < 1.29 is 30.0 Å². The van der Waals surface area contributed by atoms with E-state index in [1.165, 1.54) is 0 Å². The summed E-state index contributed by atoms with van der Waals surface area (Å²) in [6.07, 6.45) is 3.82. The number of hydrogen-bond donors (Lipinski definition) is 4. The summed E-state index contributed by atoms with van der Waals surface area (Å²) in [5.41, 5.74) is 7.44. The zero-order chi connectivity index (χ0) is 51.9. The topological polar surface area (TPSA) is 146 Å². The Morgan fingerprint density at radius 1 is 0.472 bits per heavy atom. The number of aliphatic hydroxyl groups is 2. The minimum atomic E-state index is -1.21. The number of anilines is 2. The number of fused-ring (bicyclic) bond motifs is 2. The molecule has 2 aliphatic heterocycles. The molecular weight excluding hydrogens is 897 g/mol. The van der Waals surface area contributed by atoms with Crippen LogP contribution in [0.25, 0.3) is 43.1 Å². The highest BCUT2D eigenvalue weighted by Crippen LogP contribution is 2.52. The first kappa shape index (κ1) is 50.3. The molecule has 2 saturated heterocycles. The first-order valence-electron chi connectivity index (χ1n) is 26.1. The third kappa shape index (κ3) is 8.78. The minimum absolute atomic E-state index is 0.0657. The van der Waals surface area contributed by atoms with Crippen LogP contribution >= 0.6 is 0 Å². The van der Waals surface area contributed by atoms with Gasteiger partial charge in [0.25, 0.3) is 0 Å². The normalized spacial score (nSPS) is 16.8. The highest BCUT2D eigenvalue weighted by atomic mass is 16.4. The Kier molecular flexibility index (Phi) is 13.1. The fraction of sp³-hybridized carbons (Fsp3) is 0.419. The number of nitrogens with zero attached hydrogens (tertiary/aromatic N) is 4. The standard InChI is InChI=1S/C62H72N4O6/c1-33(2)37-17-13-18-38(34(3)4)55(37)63-57(67)43-23-21-41-52-48(66-28-16-26-62(11,12)32-66)30-46(60(71)72)50-44(59(69)70)24-22-42(54(50)52)51-47(65-27-15-25-61(9,10)31-65)29-45(49(43)53(41)51)58(68)64-56-39(35(5)6)19-14-20-40(56)36(7)8/h13-14,17-24,29-30,33-36H,15-16,25-28,31-32H2,1-12H3,(H,63,67)(H,64,68)(H,69,70)(H,71,72). The number of rotatable bonds is 12. The Labute approximate surface area is 424 Å². The number of carbonyl (C=O) groups is 2. The molecule has 0 saturated carbocycles. The predicted molar refractivity (Wildman–Crippen MR) is 299 cm³/mol. The molecule has 0 unspecified atom stereocenters. The van der Waals surface area contributed by atoms with E-state index in [0.29, 0.717) is 70.5 Å². The summed E-state index contributed by atoms with van der Waals surface area (Å²) in [7, 11) is 0. The van der Waals surface area contributed by atoms with Gasteiger partial charge in [0.1, 0.15) is 0 Å². The lowest BCUT2D eigenvalue weighted by atomic mass is 9.80. The molecule has 2 heterocycles. The number of aliphatic hydroxyl groups excluding tert-OH is 2. The summed E-state index contributed by atoms with van der Waals surface area (Å²) >= 11 is 0. The number of piperidine rings is 2. The number of carboxylic acid groups (broad SMARTS) is 2. The summed E-state index contributed by atoms with van der Waals surface area (Å²) < 4.78 is 0. The van der Waals surface area contributed by atoms with Crippen molar-refractivity contribution in [2.75, 3.05) is 36.0 Å². The minimum Gasteiger partial charge on any atom is -0.493 e. The van der Waals surface area contributed by atoms with Crippen LogP contribution in [0.3, 0.4) is 0 Å². The molecule has 72 heavy (non-hydrogen) atoms. The lowest BCUT2D eigenvalue weighted by Gasteiger charge is -2.41. The molecule has 7 aromatic rings. The second kappa shape index (κ2) is 18.7. The Balaban J connectivity index is 1.55. The summed E-state index contributed by atoms with van der Waals surface area (Å²) in [6.45, 7) is 28.7. The largest absolute Gasteiger partial charge is 0.493 e.